The molecule has 0 aliphatic heterocycles. The van der Waals surface area contributed by atoms with Gasteiger partial charge in [-0.3, -0.25) is 0 Å². The molecular formula is H8BrLiO4. The van der Waals surface area contributed by atoms with Gasteiger partial charge >= 0.3 is 29.5 Å². The predicted octanol–water partition coefficient (Wildman–Crippen LogP) is -2.83. The third kappa shape index (κ3) is 89.7. The SMILES string of the molecule is O.O.O.O.[Li][Br]. The summed E-state index contributed by atoms with van der Waals surface area (Å²) in [5, 5.41) is 0. The van der Waals surface area contributed by atoms with Gasteiger partial charge in [-0.05, 0) is 0 Å². The zero-order chi connectivity index (χ0) is 2.00. The molecule has 6 heavy (non-hydrogen) atoms. The van der Waals surface area contributed by atoms with Crippen LogP contribution < -0.4 is 0 Å². The van der Waals surface area contributed by atoms with Gasteiger partial charge in [0.2, 0.25) is 0 Å². The Balaban J connectivity index is -0.000000000833. The fourth-order valence-corrected chi connectivity index (χ4v) is 0. The molecule has 0 aromatic heterocycles. The molecule has 6 heteroatoms. The Kier molecular flexibility index (Phi) is 1870. The van der Waals surface area contributed by atoms with Crippen LogP contribution in [0.5, 0.6) is 0 Å². The summed E-state index contributed by atoms with van der Waals surface area (Å²) in [5.41, 5.74) is 0. The molecule has 4 nitrogen and oxygen atoms in total. The average Bonchev–Trinajstić information content (AvgIpc) is 1.00. The van der Waals surface area contributed by atoms with Gasteiger partial charge in [-0.2, -0.15) is 0 Å². The molecule has 8 N–H and O–H groups in total. The van der Waals surface area contributed by atoms with E-state index in [2.05, 4.69) is 13.7 Å². The van der Waals surface area contributed by atoms with E-state index in [1.165, 1.54) is 0 Å². The van der Waals surface area contributed by atoms with Crippen LogP contribution in [0.3, 0.4) is 0 Å². The first-order valence-corrected chi connectivity index (χ1v) is 1.96. The van der Waals surface area contributed by atoms with Crippen LogP contribution in [0.1, 0.15) is 0 Å². The van der Waals surface area contributed by atoms with E-state index in [-0.39, 0.29) is 21.9 Å². The molecule has 0 spiro atoms. The molecule has 40 valence electrons. The third-order valence-corrected chi connectivity index (χ3v) is 0. The summed E-state index contributed by atoms with van der Waals surface area (Å²) >= 11 is 4.75. The summed E-state index contributed by atoms with van der Waals surface area (Å²) in [4.78, 5) is 0. The van der Waals surface area contributed by atoms with Crippen molar-refractivity contribution in [2.24, 2.45) is 0 Å². The second-order valence-electron chi connectivity index (χ2n) is 0. The molecule has 0 saturated heterocycles. The van der Waals surface area contributed by atoms with Gasteiger partial charge in [0.25, 0.3) is 0 Å². The summed E-state index contributed by atoms with van der Waals surface area (Å²) in [6, 6.07) is 0. The number of rotatable bonds is 0. The molecule has 0 aliphatic carbocycles. The molecular weight excluding hydrogens is 151 g/mol. The Hall–Kier alpha value is 0.917. The molecule has 0 aromatic rings. The third-order valence-electron chi connectivity index (χ3n) is 0. The molecule has 0 aromatic carbocycles. The first kappa shape index (κ1) is 65.9. The Morgan fingerprint density at radius 1 is 0.667 bits per heavy atom. The quantitative estimate of drug-likeness (QED) is 0.337. The molecule has 0 heterocycles. The van der Waals surface area contributed by atoms with Crippen molar-refractivity contribution in [3.05, 3.63) is 0 Å². The van der Waals surface area contributed by atoms with E-state index in [0.717, 1.165) is 0 Å². The van der Waals surface area contributed by atoms with Crippen LogP contribution in [0.2, 0.25) is 0 Å². The van der Waals surface area contributed by atoms with Crippen LogP contribution >= 0.6 is 13.7 Å². The van der Waals surface area contributed by atoms with E-state index in [0.29, 0.717) is 0 Å². The first-order chi connectivity index (χ1) is 1.00. The molecule has 0 atom stereocenters. The van der Waals surface area contributed by atoms with E-state index < -0.39 is 0 Å². The van der Waals surface area contributed by atoms with Gasteiger partial charge in [0.15, 0.2) is 0 Å². The number of hydrogen-bond acceptors (Lipinski definition) is 0. The van der Waals surface area contributed by atoms with E-state index in [1.807, 2.05) is 15.8 Å². The fourth-order valence-electron chi connectivity index (χ4n) is 0. The minimum absolute atomic E-state index is 0. The molecule has 0 bridgehead atoms. The van der Waals surface area contributed by atoms with Crippen LogP contribution in [0, 0.1) is 0 Å². The van der Waals surface area contributed by atoms with E-state index >= 15 is 0 Å². The zero-order valence-corrected chi connectivity index (χ0v) is 4.96. The van der Waals surface area contributed by atoms with Crippen molar-refractivity contribution in [2.75, 3.05) is 0 Å². The van der Waals surface area contributed by atoms with Crippen molar-refractivity contribution in [1.29, 1.82) is 0 Å². The van der Waals surface area contributed by atoms with Gasteiger partial charge in [0, 0.05) is 0 Å². The van der Waals surface area contributed by atoms with Crippen molar-refractivity contribution in [3.8, 4) is 0 Å². The number of hydrogen-bond donors (Lipinski definition) is 0. The Morgan fingerprint density at radius 2 is 0.667 bits per heavy atom. The summed E-state index contributed by atoms with van der Waals surface area (Å²) in [7, 11) is 0. The van der Waals surface area contributed by atoms with Gasteiger partial charge in [-0.15, -0.1) is 0 Å². The zero-order valence-electron chi connectivity index (χ0n) is 3.38. The van der Waals surface area contributed by atoms with Crippen molar-refractivity contribution in [1.82, 2.24) is 0 Å². The number of halogens is 1. The summed E-state index contributed by atoms with van der Waals surface area (Å²) in [6.07, 6.45) is 0. The molecule has 0 aliphatic rings. The molecule has 0 rings (SSSR count). The minimum atomic E-state index is 0. The summed E-state index contributed by atoms with van der Waals surface area (Å²) in [5.74, 6) is 0. The molecule has 0 radical (unpaired) electrons. The first-order valence-electron chi connectivity index (χ1n) is 0.378. The summed E-state index contributed by atoms with van der Waals surface area (Å²) in [6.45, 7) is 0. The summed E-state index contributed by atoms with van der Waals surface area (Å²) < 4.78 is 0. The molecule has 0 amide bonds. The fraction of sp³-hybridized carbons (Fsp3) is 0. The molecule has 0 unspecified atom stereocenters. The van der Waals surface area contributed by atoms with Crippen LogP contribution in [-0.2, 0) is 0 Å². The standard InChI is InChI=1S/BrH.Li.4H2O/h1H;;4*1H2/q;+1;;;;/p-1. The predicted molar refractivity (Wildman–Crippen MR) is 29.1 cm³/mol. The van der Waals surface area contributed by atoms with Crippen LogP contribution in [0.4, 0.5) is 0 Å². The normalized spacial score (nSPS) is 1.17. The van der Waals surface area contributed by atoms with Gasteiger partial charge in [0.1, 0.15) is 0 Å². The van der Waals surface area contributed by atoms with Gasteiger partial charge in [-0.25, -0.2) is 0 Å². The maximum absolute atomic E-state index is 2.94. The van der Waals surface area contributed by atoms with Crippen LogP contribution in [-0.4, -0.2) is 37.7 Å². The Morgan fingerprint density at radius 3 is 0.667 bits per heavy atom. The van der Waals surface area contributed by atoms with Crippen molar-refractivity contribution >= 4 is 29.5 Å². The monoisotopic (exact) mass is 158 g/mol. The van der Waals surface area contributed by atoms with Crippen molar-refractivity contribution in [3.63, 3.8) is 0 Å². The van der Waals surface area contributed by atoms with E-state index in [4.69, 9.17) is 0 Å². The Labute approximate surface area is 51.8 Å². The van der Waals surface area contributed by atoms with Gasteiger partial charge in [0.05, 0.1) is 0 Å². The second-order valence-corrected chi connectivity index (χ2v) is 0. The van der Waals surface area contributed by atoms with Gasteiger partial charge in [-0.1, -0.05) is 0 Å². The van der Waals surface area contributed by atoms with Crippen LogP contribution in [0.25, 0.3) is 0 Å². The van der Waals surface area contributed by atoms with E-state index in [9.17, 15) is 0 Å². The van der Waals surface area contributed by atoms with E-state index in [1.54, 1.807) is 0 Å². The maximum atomic E-state index is 2.94. The molecule has 0 fully saturated rings. The van der Waals surface area contributed by atoms with Gasteiger partial charge < -0.3 is 21.9 Å². The Bertz CT molecular complexity index is 7.51. The topological polar surface area (TPSA) is 126 Å². The average molecular weight is 159 g/mol. The van der Waals surface area contributed by atoms with Crippen molar-refractivity contribution in [2.45, 2.75) is 0 Å². The molecule has 0 saturated carbocycles. The van der Waals surface area contributed by atoms with Crippen molar-refractivity contribution < 1.29 is 21.9 Å². The second kappa shape index (κ2) is 170. The van der Waals surface area contributed by atoms with Crippen LogP contribution in [0.15, 0.2) is 0 Å².